The molecule has 5 heteroatoms. The van der Waals surface area contributed by atoms with Gasteiger partial charge in [0.05, 0.1) is 12.3 Å². The Balaban J connectivity index is 1.89. The van der Waals surface area contributed by atoms with E-state index < -0.39 is 0 Å². The highest BCUT2D eigenvalue weighted by molar-refractivity contribution is 5.74. The molecule has 0 aliphatic carbocycles. The minimum atomic E-state index is -0.0384. The molecule has 0 amide bonds. The smallest absolute Gasteiger partial charge is 0.187 e. The van der Waals surface area contributed by atoms with Crippen LogP contribution in [0.2, 0.25) is 0 Å². The first kappa shape index (κ1) is 16.2. The van der Waals surface area contributed by atoms with Gasteiger partial charge in [-0.25, -0.2) is 4.98 Å². The van der Waals surface area contributed by atoms with E-state index in [1.54, 1.807) is 0 Å². The second-order valence-electron chi connectivity index (χ2n) is 6.11. The van der Waals surface area contributed by atoms with Gasteiger partial charge in [0, 0.05) is 11.8 Å². The summed E-state index contributed by atoms with van der Waals surface area (Å²) in [5.74, 6) is 0.642. The number of imidazole rings is 1. The first-order valence-electron chi connectivity index (χ1n) is 8.40. The fourth-order valence-electron chi connectivity index (χ4n) is 2.85. The van der Waals surface area contributed by atoms with Crippen molar-refractivity contribution in [2.45, 2.75) is 13.5 Å². The number of rotatable bonds is 4. The van der Waals surface area contributed by atoms with Gasteiger partial charge in [-0.05, 0) is 36.2 Å². The maximum atomic E-state index is 9.46. The Bertz CT molecular complexity index is 1080. The van der Waals surface area contributed by atoms with Crippen LogP contribution in [-0.4, -0.2) is 14.5 Å². The van der Waals surface area contributed by atoms with Gasteiger partial charge in [0.1, 0.15) is 11.3 Å². The number of nitrogens with zero attached hydrogens (tertiary/aromatic N) is 4. The van der Waals surface area contributed by atoms with E-state index >= 15 is 0 Å². The Morgan fingerprint density at radius 3 is 2.58 bits per heavy atom. The van der Waals surface area contributed by atoms with Crippen LogP contribution in [0.25, 0.3) is 16.9 Å². The van der Waals surface area contributed by atoms with Crippen LogP contribution in [0.15, 0.2) is 83.2 Å². The highest BCUT2D eigenvalue weighted by Gasteiger charge is 2.14. The number of pyridine rings is 1. The second kappa shape index (κ2) is 6.90. The normalized spacial score (nSPS) is 11.5. The average Bonchev–Trinajstić information content (AvgIpc) is 3.05. The number of aliphatic hydroxyl groups excluding tert-OH is 1. The standard InChI is InChI=1S/C21H18N4O/c1-15-6-5-9-18(12-15)23-24-21-20(17-7-3-2-4-8-17)22-19-11-10-16(14-26)13-25(19)21/h2-13,26H,14H2,1H3. The predicted octanol–water partition coefficient (Wildman–Crippen LogP) is 5.22. The molecule has 0 unspecified atom stereocenters. The monoisotopic (exact) mass is 342 g/mol. The summed E-state index contributed by atoms with van der Waals surface area (Å²) in [4.78, 5) is 4.72. The summed E-state index contributed by atoms with van der Waals surface area (Å²) in [6.07, 6.45) is 1.85. The summed E-state index contributed by atoms with van der Waals surface area (Å²) >= 11 is 0. The molecule has 4 rings (SSSR count). The van der Waals surface area contributed by atoms with E-state index in [2.05, 4.69) is 10.2 Å². The van der Waals surface area contributed by atoms with E-state index in [1.165, 1.54) is 0 Å². The summed E-state index contributed by atoms with van der Waals surface area (Å²) in [6, 6.07) is 21.5. The zero-order valence-corrected chi connectivity index (χ0v) is 14.4. The topological polar surface area (TPSA) is 62.2 Å². The van der Waals surface area contributed by atoms with Crippen molar-refractivity contribution in [1.82, 2.24) is 9.38 Å². The minimum Gasteiger partial charge on any atom is -0.392 e. The average molecular weight is 342 g/mol. The lowest BCUT2D eigenvalue weighted by Gasteiger charge is -2.01. The van der Waals surface area contributed by atoms with Crippen LogP contribution < -0.4 is 0 Å². The summed E-state index contributed by atoms with van der Waals surface area (Å²) < 4.78 is 1.87. The Kier molecular flexibility index (Phi) is 4.29. The Morgan fingerprint density at radius 1 is 0.962 bits per heavy atom. The van der Waals surface area contributed by atoms with Gasteiger partial charge in [-0.15, -0.1) is 10.2 Å². The van der Waals surface area contributed by atoms with Crippen molar-refractivity contribution in [2.24, 2.45) is 10.2 Å². The molecular formula is C21H18N4O. The molecule has 0 aliphatic rings. The van der Waals surface area contributed by atoms with Crippen LogP contribution in [0, 0.1) is 6.92 Å². The zero-order chi connectivity index (χ0) is 17.9. The first-order valence-corrected chi connectivity index (χ1v) is 8.40. The lowest BCUT2D eigenvalue weighted by molar-refractivity contribution is 0.281. The van der Waals surface area contributed by atoms with E-state index in [9.17, 15) is 5.11 Å². The molecular weight excluding hydrogens is 324 g/mol. The van der Waals surface area contributed by atoms with E-state index in [1.807, 2.05) is 84.3 Å². The molecule has 1 N–H and O–H groups in total. The summed E-state index contributed by atoms with van der Waals surface area (Å²) in [6.45, 7) is 1.99. The van der Waals surface area contributed by atoms with Gasteiger partial charge in [0.25, 0.3) is 0 Å². The number of hydrogen-bond acceptors (Lipinski definition) is 4. The van der Waals surface area contributed by atoms with Crippen molar-refractivity contribution in [3.8, 4) is 11.3 Å². The predicted molar refractivity (Wildman–Crippen MR) is 102 cm³/mol. The van der Waals surface area contributed by atoms with Crippen LogP contribution in [0.5, 0.6) is 0 Å². The van der Waals surface area contributed by atoms with Crippen molar-refractivity contribution in [3.63, 3.8) is 0 Å². The molecule has 0 saturated heterocycles. The van der Waals surface area contributed by atoms with Crippen molar-refractivity contribution in [2.75, 3.05) is 0 Å². The molecule has 2 heterocycles. The van der Waals surface area contributed by atoms with Gasteiger partial charge in [-0.2, -0.15) is 0 Å². The van der Waals surface area contributed by atoms with Crippen molar-refractivity contribution in [1.29, 1.82) is 0 Å². The SMILES string of the molecule is Cc1cccc(N=Nc2c(-c3ccccc3)nc3ccc(CO)cn23)c1. The van der Waals surface area contributed by atoms with Crippen molar-refractivity contribution < 1.29 is 5.11 Å². The first-order chi connectivity index (χ1) is 12.7. The van der Waals surface area contributed by atoms with Crippen molar-refractivity contribution in [3.05, 3.63) is 84.1 Å². The van der Waals surface area contributed by atoms with Crippen LogP contribution in [0.3, 0.4) is 0 Å². The van der Waals surface area contributed by atoms with Gasteiger partial charge in [-0.1, -0.05) is 48.5 Å². The molecule has 4 aromatic rings. The van der Waals surface area contributed by atoms with E-state index in [-0.39, 0.29) is 6.61 Å². The molecule has 0 fully saturated rings. The molecule has 26 heavy (non-hydrogen) atoms. The fourth-order valence-corrected chi connectivity index (χ4v) is 2.85. The number of benzene rings is 2. The van der Waals surface area contributed by atoms with Crippen LogP contribution >= 0.6 is 0 Å². The van der Waals surface area contributed by atoms with E-state index in [0.717, 1.165) is 33.7 Å². The molecule has 0 atom stereocenters. The largest absolute Gasteiger partial charge is 0.392 e. The van der Waals surface area contributed by atoms with Gasteiger partial charge in [0.2, 0.25) is 0 Å². The number of fused-ring (bicyclic) bond motifs is 1. The molecule has 0 radical (unpaired) electrons. The van der Waals surface area contributed by atoms with Gasteiger partial charge in [0.15, 0.2) is 5.82 Å². The molecule has 0 bridgehead atoms. The minimum absolute atomic E-state index is 0.0384. The molecule has 5 nitrogen and oxygen atoms in total. The number of aliphatic hydroxyl groups is 1. The fraction of sp³-hybridized carbons (Fsp3) is 0.0952. The van der Waals surface area contributed by atoms with Crippen LogP contribution in [0.4, 0.5) is 11.5 Å². The molecule has 0 saturated carbocycles. The number of aryl methyl sites for hydroxylation is 1. The lowest BCUT2D eigenvalue weighted by Crippen LogP contribution is -1.89. The zero-order valence-electron chi connectivity index (χ0n) is 14.4. The quantitative estimate of drug-likeness (QED) is 0.517. The van der Waals surface area contributed by atoms with Gasteiger partial charge >= 0.3 is 0 Å². The Morgan fingerprint density at radius 2 is 1.81 bits per heavy atom. The summed E-state index contributed by atoms with van der Waals surface area (Å²) in [7, 11) is 0. The summed E-state index contributed by atoms with van der Waals surface area (Å²) in [5, 5.41) is 18.4. The molecule has 0 spiro atoms. The third-order valence-corrected chi connectivity index (χ3v) is 4.15. The molecule has 2 aromatic carbocycles. The Labute approximate surface area is 151 Å². The lowest BCUT2D eigenvalue weighted by atomic mass is 10.1. The van der Waals surface area contributed by atoms with E-state index in [4.69, 9.17) is 4.98 Å². The summed E-state index contributed by atoms with van der Waals surface area (Å²) in [5.41, 5.74) is 5.21. The highest BCUT2D eigenvalue weighted by atomic mass is 16.3. The molecule has 128 valence electrons. The van der Waals surface area contributed by atoms with Gasteiger partial charge in [-0.3, -0.25) is 4.40 Å². The number of aromatic nitrogens is 2. The van der Waals surface area contributed by atoms with E-state index in [0.29, 0.717) is 5.82 Å². The highest BCUT2D eigenvalue weighted by Crippen LogP contribution is 2.32. The number of azo groups is 1. The molecule has 0 aliphatic heterocycles. The van der Waals surface area contributed by atoms with Crippen molar-refractivity contribution >= 4 is 17.2 Å². The van der Waals surface area contributed by atoms with Gasteiger partial charge < -0.3 is 5.11 Å². The maximum absolute atomic E-state index is 9.46. The van der Waals surface area contributed by atoms with Crippen LogP contribution in [-0.2, 0) is 6.61 Å². The third kappa shape index (κ3) is 3.12. The Hall–Kier alpha value is -3.31. The maximum Gasteiger partial charge on any atom is 0.187 e. The van der Waals surface area contributed by atoms with Crippen LogP contribution in [0.1, 0.15) is 11.1 Å². The molecule has 2 aromatic heterocycles. The number of hydrogen-bond donors (Lipinski definition) is 1. The second-order valence-corrected chi connectivity index (χ2v) is 6.11. The third-order valence-electron chi connectivity index (χ3n) is 4.15.